The van der Waals surface area contributed by atoms with E-state index in [1.807, 2.05) is 13.8 Å². The standard InChI is InChI=1S/C13H18N2O3/c1-4-7-15(9-12(16)18-3)13(17)11-5-6-14-8-10(11)2/h5-6,8H,4,7,9H2,1-3H3. The van der Waals surface area contributed by atoms with Gasteiger partial charge in [-0.3, -0.25) is 14.6 Å². The van der Waals surface area contributed by atoms with Gasteiger partial charge in [0.25, 0.3) is 5.91 Å². The SMILES string of the molecule is CCCN(CC(=O)OC)C(=O)c1ccncc1C. The van der Waals surface area contributed by atoms with Gasteiger partial charge < -0.3 is 9.64 Å². The van der Waals surface area contributed by atoms with Crippen LogP contribution in [0.4, 0.5) is 0 Å². The molecular weight excluding hydrogens is 232 g/mol. The van der Waals surface area contributed by atoms with Gasteiger partial charge in [0.15, 0.2) is 0 Å². The number of methoxy groups -OCH3 is 1. The van der Waals surface area contributed by atoms with E-state index >= 15 is 0 Å². The van der Waals surface area contributed by atoms with Crippen molar-refractivity contribution in [2.45, 2.75) is 20.3 Å². The van der Waals surface area contributed by atoms with E-state index in [1.165, 1.54) is 12.0 Å². The van der Waals surface area contributed by atoms with E-state index in [2.05, 4.69) is 9.72 Å². The maximum atomic E-state index is 12.3. The summed E-state index contributed by atoms with van der Waals surface area (Å²) in [5.41, 5.74) is 1.37. The first kappa shape index (κ1) is 14.2. The van der Waals surface area contributed by atoms with Crippen LogP contribution in [0.1, 0.15) is 29.3 Å². The van der Waals surface area contributed by atoms with Crippen LogP contribution in [0.2, 0.25) is 0 Å². The van der Waals surface area contributed by atoms with E-state index in [-0.39, 0.29) is 12.5 Å². The average Bonchev–Trinajstić information content (AvgIpc) is 2.38. The van der Waals surface area contributed by atoms with Crippen molar-refractivity contribution in [2.75, 3.05) is 20.2 Å². The summed E-state index contributed by atoms with van der Waals surface area (Å²) in [6.45, 7) is 4.28. The van der Waals surface area contributed by atoms with Gasteiger partial charge in [-0.2, -0.15) is 0 Å². The summed E-state index contributed by atoms with van der Waals surface area (Å²) in [5.74, 6) is -0.578. The molecule has 0 atom stereocenters. The molecule has 98 valence electrons. The van der Waals surface area contributed by atoms with Gasteiger partial charge in [-0.1, -0.05) is 6.92 Å². The molecule has 1 aromatic rings. The molecule has 0 aliphatic heterocycles. The Hall–Kier alpha value is -1.91. The van der Waals surface area contributed by atoms with E-state index in [4.69, 9.17) is 0 Å². The summed E-state index contributed by atoms with van der Waals surface area (Å²) in [5, 5.41) is 0. The summed E-state index contributed by atoms with van der Waals surface area (Å²) in [6, 6.07) is 1.66. The molecule has 1 heterocycles. The fourth-order valence-corrected chi connectivity index (χ4v) is 1.63. The molecule has 0 fully saturated rings. The van der Waals surface area contributed by atoms with Crippen molar-refractivity contribution in [3.8, 4) is 0 Å². The van der Waals surface area contributed by atoms with Crippen LogP contribution in [0.25, 0.3) is 0 Å². The van der Waals surface area contributed by atoms with Crippen LogP contribution in [0.15, 0.2) is 18.5 Å². The number of carbonyl (C=O) groups is 2. The van der Waals surface area contributed by atoms with Crippen molar-refractivity contribution in [3.05, 3.63) is 29.6 Å². The van der Waals surface area contributed by atoms with Gasteiger partial charge >= 0.3 is 5.97 Å². The summed E-state index contributed by atoms with van der Waals surface area (Å²) >= 11 is 0. The Morgan fingerprint density at radius 3 is 2.72 bits per heavy atom. The topological polar surface area (TPSA) is 59.5 Å². The van der Waals surface area contributed by atoms with Crippen LogP contribution in [-0.4, -0.2) is 42.0 Å². The zero-order valence-corrected chi connectivity index (χ0v) is 11.0. The molecule has 0 N–H and O–H groups in total. The average molecular weight is 250 g/mol. The smallest absolute Gasteiger partial charge is 0.325 e. The highest BCUT2D eigenvalue weighted by atomic mass is 16.5. The Balaban J connectivity index is 2.89. The minimum atomic E-state index is -0.413. The number of amides is 1. The van der Waals surface area contributed by atoms with Crippen molar-refractivity contribution in [1.29, 1.82) is 0 Å². The quantitative estimate of drug-likeness (QED) is 0.741. The molecule has 0 aliphatic rings. The molecule has 0 radical (unpaired) electrons. The first-order valence-corrected chi connectivity index (χ1v) is 5.86. The highest BCUT2D eigenvalue weighted by molar-refractivity contribution is 5.97. The van der Waals surface area contributed by atoms with Crippen LogP contribution in [0, 0.1) is 6.92 Å². The lowest BCUT2D eigenvalue weighted by molar-refractivity contribution is -0.141. The molecular formula is C13H18N2O3. The number of hydrogen-bond acceptors (Lipinski definition) is 4. The van der Waals surface area contributed by atoms with E-state index in [0.717, 1.165) is 12.0 Å². The second kappa shape index (κ2) is 6.74. The minimum absolute atomic E-state index is 0.0229. The lowest BCUT2D eigenvalue weighted by Gasteiger charge is -2.21. The predicted molar refractivity (Wildman–Crippen MR) is 67.2 cm³/mol. The number of esters is 1. The predicted octanol–water partition coefficient (Wildman–Crippen LogP) is 1.42. The Morgan fingerprint density at radius 1 is 1.44 bits per heavy atom. The third kappa shape index (κ3) is 3.55. The van der Waals surface area contributed by atoms with Crippen LogP contribution in [0.3, 0.4) is 0 Å². The third-order valence-electron chi connectivity index (χ3n) is 2.58. The van der Waals surface area contributed by atoms with Gasteiger partial charge in [0.05, 0.1) is 7.11 Å². The van der Waals surface area contributed by atoms with Gasteiger partial charge in [0.1, 0.15) is 6.54 Å². The van der Waals surface area contributed by atoms with E-state index in [1.54, 1.807) is 18.5 Å². The van der Waals surface area contributed by atoms with Gasteiger partial charge in [-0.25, -0.2) is 0 Å². The molecule has 0 spiro atoms. The zero-order valence-electron chi connectivity index (χ0n) is 11.0. The molecule has 5 heteroatoms. The maximum Gasteiger partial charge on any atom is 0.325 e. The molecule has 0 unspecified atom stereocenters. The summed E-state index contributed by atoms with van der Waals surface area (Å²) in [7, 11) is 1.31. The molecule has 1 amide bonds. The second-order valence-corrected chi connectivity index (χ2v) is 3.99. The van der Waals surface area contributed by atoms with Crippen molar-refractivity contribution < 1.29 is 14.3 Å². The highest BCUT2D eigenvalue weighted by Crippen LogP contribution is 2.09. The van der Waals surface area contributed by atoms with Crippen LogP contribution in [-0.2, 0) is 9.53 Å². The Labute approximate surface area is 107 Å². The monoisotopic (exact) mass is 250 g/mol. The number of rotatable bonds is 5. The molecule has 0 saturated carbocycles. The Morgan fingerprint density at radius 2 is 2.17 bits per heavy atom. The van der Waals surface area contributed by atoms with Gasteiger partial charge in [0.2, 0.25) is 0 Å². The highest BCUT2D eigenvalue weighted by Gasteiger charge is 2.19. The van der Waals surface area contributed by atoms with E-state index in [0.29, 0.717) is 12.1 Å². The zero-order chi connectivity index (χ0) is 13.5. The number of hydrogen-bond donors (Lipinski definition) is 0. The molecule has 0 aliphatic carbocycles. The number of aryl methyl sites for hydroxylation is 1. The van der Waals surface area contributed by atoms with E-state index < -0.39 is 5.97 Å². The van der Waals surface area contributed by atoms with Crippen LogP contribution < -0.4 is 0 Å². The van der Waals surface area contributed by atoms with Crippen LogP contribution in [0.5, 0.6) is 0 Å². The first-order valence-electron chi connectivity index (χ1n) is 5.86. The van der Waals surface area contributed by atoms with E-state index in [9.17, 15) is 9.59 Å². The fourth-order valence-electron chi connectivity index (χ4n) is 1.63. The number of ether oxygens (including phenoxy) is 1. The molecule has 1 aromatic heterocycles. The first-order chi connectivity index (χ1) is 8.60. The number of carbonyl (C=O) groups excluding carboxylic acids is 2. The number of pyridine rings is 1. The largest absolute Gasteiger partial charge is 0.468 e. The lowest BCUT2D eigenvalue weighted by Crippen LogP contribution is -2.37. The lowest BCUT2D eigenvalue weighted by atomic mass is 10.1. The van der Waals surface area contributed by atoms with Gasteiger partial charge in [0, 0.05) is 24.5 Å². The second-order valence-electron chi connectivity index (χ2n) is 3.99. The third-order valence-corrected chi connectivity index (χ3v) is 2.58. The maximum absolute atomic E-state index is 12.3. The van der Waals surface area contributed by atoms with Crippen molar-refractivity contribution in [1.82, 2.24) is 9.88 Å². The Bertz CT molecular complexity index is 432. The van der Waals surface area contributed by atoms with Gasteiger partial charge in [-0.05, 0) is 25.0 Å². The minimum Gasteiger partial charge on any atom is -0.468 e. The molecule has 5 nitrogen and oxygen atoms in total. The van der Waals surface area contributed by atoms with Gasteiger partial charge in [-0.15, -0.1) is 0 Å². The number of aromatic nitrogens is 1. The molecule has 0 aromatic carbocycles. The molecule has 18 heavy (non-hydrogen) atoms. The molecule has 1 rings (SSSR count). The van der Waals surface area contributed by atoms with Crippen molar-refractivity contribution >= 4 is 11.9 Å². The normalized spacial score (nSPS) is 9.94. The fraction of sp³-hybridized carbons (Fsp3) is 0.462. The summed E-state index contributed by atoms with van der Waals surface area (Å²) in [6.07, 6.45) is 3.99. The summed E-state index contributed by atoms with van der Waals surface area (Å²) < 4.78 is 4.60. The van der Waals surface area contributed by atoms with Crippen molar-refractivity contribution in [3.63, 3.8) is 0 Å². The number of nitrogens with zero attached hydrogens (tertiary/aromatic N) is 2. The molecule has 0 bridgehead atoms. The molecule has 0 saturated heterocycles. The Kier molecular flexibility index (Phi) is 5.30. The summed E-state index contributed by atoms with van der Waals surface area (Å²) in [4.78, 5) is 29.0. The van der Waals surface area contributed by atoms with Crippen molar-refractivity contribution in [2.24, 2.45) is 0 Å². The van der Waals surface area contributed by atoms with Crippen LogP contribution >= 0.6 is 0 Å².